The number of Topliss-reactive ketones (excluding diaryl/α,β-unsaturated/α-hetero) is 1. The fourth-order valence-corrected chi connectivity index (χ4v) is 4.06. The van der Waals surface area contributed by atoms with E-state index in [9.17, 15) is 24.3 Å². The number of hydrogen-bond donors (Lipinski definition) is 5. The molecule has 0 bridgehead atoms. The quantitative estimate of drug-likeness (QED) is 0.387. The molecule has 0 radical (unpaired) electrons. The van der Waals surface area contributed by atoms with Gasteiger partial charge in [-0.3, -0.25) is 19.2 Å². The number of aromatic amines is 1. The third-order valence-electron chi connectivity index (χ3n) is 5.76. The van der Waals surface area contributed by atoms with E-state index < -0.39 is 42.2 Å². The fourth-order valence-electron chi connectivity index (χ4n) is 4.06. The number of aromatic nitrogens is 1. The van der Waals surface area contributed by atoms with Crippen molar-refractivity contribution in [1.29, 1.82) is 0 Å². The van der Waals surface area contributed by atoms with Crippen molar-refractivity contribution >= 4 is 34.4 Å². The van der Waals surface area contributed by atoms with Gasteiger partial charge in [-0.05, 0) is 36.8 Å². The van der Waals surface area contributed by atoms with Crippen molar-refractivity contribution in [2.24, 2.45) is 11.3 Å². The summed E-state index contributed by atoms with van der Waals surface area (Å²) < 4.78 is 0. The fraction of sp³-hybridized carbons (Fsp3) is 0.500. The van der Waals surface area contributed by atoms with E-state index in [-0.39, 0.29) is 17.7 Å². The molecule has 1 aromatic heterocycles. The maximum Gasteiger partial charge on any atom is 0.268 e. The van der Waals surface area contributed by atoms with Crippen LogP contribution in [0, 0.1) is 11.3 Å². The van der Waals surface area contributed by atoms with E-state index in [1.807, 2.05) is 45.0 Å². The van der Waals surface area contributed by atoms with Gasteiger partial charge in [0.15, 0.2) is 5.78 Å². The molecule has 3 atom stereocenters. The molecule has 9 heteroatoms. The number of fused-ring (bicyclic) bond motifs is 1. The Morgan fingerprint density at radius 2 is 1.88 bits per heavy atom. The first-order valence-electron chi connectivity index (χ1n) is 11.2. The van der Waals surface area contributed by atoms with Gasteiger partial charge in [-0.15, -0.1) is 0 Å². The van der Waals surface area contributed by atoms with Crippen LogP contribution in [0.25, 0.3) is 10.9 Å². The van der Waals surface area contributed by atoms with Crippen LogP contribution in [0.2, 0.25) is 0 Å². The number of nitrogens with one attached hydrogen (secondary N) is 4. The minimum Gasteiger partial charge on any atom is -0.389 e. The third-order valence-corrected chi connectivity index (χ3v) is 5.76. The first kappa shape index (κ1) is 24.4. The van der Waals surface area contributed by atoms with E-state index in [2.05, 4.69) is 20.9 Å². The Morgan fingerprint density at radius 1 is 1.15 bits per heavy atom. The normalized spacial score (nSPS) is 17.9. The maximum absolute atomic E-state index is 13.2. The van der Waals surface area contributed by atoms with E-state index in [1.165, 1.54) is 0 Å². The summed E-state index contributed by atoms with van der Waals surface area (Å²) in [6.07, 6.45) is 0.996. The summed E-state index contributed by atoms with van der Waals surface area (Å²) in [5.74, 6) is -2.11. The van der Waals surface area contributed by atoms with E-state index in [1.54, 1.807) is 6.07 Å². The van der Waals surface area contributed by atoms with Crippen molar-refractivity contribution in [3.63, 3.8) is 0 Å². The number of aliphatic hydroxyl groups excluding tert-OH is 1. The van der Waals surface area contributed by atoms with Gasteiger partial charge in [0, 0.05) is 23.4 Å². The molecular formula is C24H32N4O5. The van der Waals surface area contributed by atoms with Crippen molar-refractivity contribution in [1.82, 2.24) is 20.9 Å². The number of aliphatic hydroxyl groups is 1. The number of hydrogen-bond acceptors (Lipinski definition) is 5. The molecule has 2 aromatic rings. The van der Waals surface area contributed by atoms with Gasteiger partial charge in [0.05, 0.1) is 6.04 Å². The van der Waals surface area contributed by atoms with Crippen LogP contribution in [0.3, 0.4) is 0 Å². The molecule has 9 nitrogen and oxygen atoms in total. The summed E-state index contributed by atoms with van der Waals surface area (Å²) in [7, 11) is 0. The van der Waals surface area contributed by atoms with Crippen LogP contribution in [-0.4, -0.2) is 58.8 Å². The molecule has 1 aliphatic rings. The molecule has 1 aliphatic heterocycles. The Bertz CT molecular complexity index is 1010. The summed E-state index contributed by atoms with van der Waals surface area (Å²) in [6, 6.07) is 7.27. The van der Waals surface area contributed by atoms with Crippen molar-refractivity contribution in [2.45, 2.75) is 52.1 Å². The molecule has 33 heavy (non-hydrogen) atoms. The third kappa shape index (κ3) is 6.41. The van der Waals surface area contributed by atoms with Gasteiger partial charge in [-0.25, -0.2) is 0 Å². The smallest absolute Gasteiger partial charge is 0.268 e. The van der Waals surface area contributed by atoms with Crippen LogP contribution in [0.1, 0.15) is 50.5 Å². The van der Waals surface area contributed by atoms with E-state index >= 15 is 0 Å². The Morgan fingerprint density at radius 3 is 2.48 bits per heavy atom. The topological polar surface area (TPSA) is 140 Å². The number of carbonyl (C=O) groups excluding carboxylic acids is 4. The molecule has 5 N–H and O–H groups in total. The van der Waals surface area contributed by atoms with Crippen molar-refractivity contribution in [3.8, 4) is 0 Å². The zero-order valence-corrected chi connectivity index (χ0v) is 19.2. The van der Waals surface area contributed by atoms with Gasteiger partial charge >= 0.3 is 0 Å². The van der Waals surface area contributed by atoms with E-state index in [0.29, 0.717) is 25.1 Å². The minimum atomic E-state index is -1.01. The van der Waals surface area contributed by atoms with Crippen molar-refractivity contribution < 1.29 is 24.3 Å². The van der Waals surface area contributed by atoms with Gasteiger partial charge < -0.3 is 26.0 Å². The van der Waals surface area contributed by atoms with Gasteiger partial charge in [0.2, 0.25) is 11.8 Å². The highest BCUT2D eigenvalue weighted by molar-refractivity contribution is 6.00. The molecule has 3 amide bonds. The summed E-state index contributed by atoms with van der Waals surface area (Å²) >= 11 is 0. The highest BCUT2D eigenvalue weighted by Gasteiger charge is 2.34. The maximum atomic E-state index is 13.2. The van der Waals surface area contributed by atoms with Gasteiger partial charge in [0.25, 0.3) is 5.91 Å². The number of benzene rings is 1. The Kier molecular flexibility index (Phi) is 7.53. The lowest BCUT2D eigenvalue weighted by atomic mass is 9.87. The van der Waals surface area contributed by atoms with Crippen LogP contribution in [0.15, 0.2) is 30.3 Å². The largest absolute Gasteiger partial charge is 0.389 e. The van der Waals surface area contributed by atoms with E-state index in [0.717, 1.165) is 10.9 Å². The lowest BCUT2D eigenvalue weighted by Crippen LogP contribution is -2.53. The summed E-state index contributed by atoms with van der Waals surface area (Å²) in [6.45, 7) is 5.61. The Labute approximate surface area is 192 Å². The molecule has 0 aliphatic carbocycles. The lowest BCUT2D eigenvalue weighted by molar-refractivity contribution is -0.131. The molecule has 1 aromatic carbocycles. The molecule has 2 heterocycles. The average molecular weight is 457 g/mol. The second kappa shape index (κ2) is 10.2. The van der Waals surface area contributed by atoms with Crippen molar-refractivity contribution in [3.05, 3.63) is 36.0 Å². The highest BCUT2D eigenvalue weighted by Crippen LogP contribution is 2.23. The predicted octanol–water partition coefficient (Wildman–Crippen LogP) is 1.27. The minimum absolute atomic E-state index is 0.106. The summed E-state index contributed by atoms with van der Waals surface area (Å²) in [5, 5.41) is 18.4. The Hall–Kier alpha value is -3.20. The number of para-hydroxylation sites is 1. The molecule has 0 spiro atoms. The standard InChI is InChI=1S/C24H32N4O5/c1-24(2,3)12-19(28-22(32)18-10-14-6-4-5-7-16(14)26-18)23(33)27-17(20(30)13-29)11-15-8-9-25-21(15)31/h4-7,10,15,17,19,26,29H,8-9,11-13H2,1-3H3,(H,25,31)(H,27,33)(H,28,32)/t15?,17-,19+/m1/s1. The first-order valence-corrected chi connectivity index (χ1v) is 11.2. The molecule has 1 saturated heterocycles. The Balaban J connectivity index is 1.76. The lowest BCUT2D eigenvalue weighted by Gasteiger charge is -2.28. The SMILES string of the molecule is CC(C)(C)C[C@H](NC(=O)c1cc2ccccc2[nH]1)C(=O)N[C@H](CC1CCNC1=O)C(=O)CO. The number of amides is 3. The number of carbonyl (C=O) groups is 4. The first-order chi connectivity index (χ1) is 15.6. The van der Waals surface area contributed by atoms with Crippen LogP contribution in [-0.2, 0) is 14.4 Å². The molecule has 1 unspecified atom stereocenters. The second-order valence-electron chi connectivity index (χ2n) is 9.76. The zero-order chi connectivity index (χ0) is 24.2. The van der Waals surface area contributed by atoms with Gasteiger partial charge in [-0.2, -0.15) is 0 Å². The van der Waals surface area contributed by atoms with Crippen molar-refractivity contribution in [2.75, 3.05) is 13.2 Å². The van der Waals surface area contributed by atoms with Crippen LogP contribution < -0.4 is 16.0 Å². The highest BCUT2D eigenvalue weighted by atomic mass is 16.3. The summed E-state index contributed by atoms with van der Waals surface area (Å²) in [5.41, 5.74) is 0.842. The molecule has 178 valence electrons. The number of H-pyrrole nitrogens is 1. The molecule has 1 fully saturated rings. The number of ketones is 1. The van der Waals surface area contributed by atoms with Crippen LogP contribution >= 0.6 is 0 Å². The van der Waals surface area contributed by atoms with E-state index in [4.69, 9.17) is 0 Å². The second-order valence-corrected chi connectivity index (χ2v) is 9.76. The zero-order valence-electron chi connectivity index (χ0n) is 19.2. The average Bonchev–Trinajstić information content (AvgIpc) is 3.37. The van der Waals surface area contributed by atoms with Crippen LogP contribution in [0.5, 0.6) is 0 Å². The van der Waals surface area contributed by atoms with Gasteiger partial charge in [0.1, 0.15) is 18.3 Å². The molecular weight excluding hydrogens is 424 g/mol. The number of rotatable bonds is 9. The predicted molar refractivity (Wildman–Crippen MR) is 123 cm³/mol. The monoisotopic (exact) mass is 456 g/mol. The van der Waals surface area contributed by atoms with Gasteiger partial charge in [-0.1, -0.05) is 39.0 Å². The van der Waals surface area contributed by atoms with Crippen LogP contribution in [0.4, 0.5) is 0 Å². The molecule has 3 rings (SSSR count). The summed E-state index contributed by atoms with van der Waals surface area (Å²) in [4.78, 5) is 53.4. The molecule has 0 saturated carbocycles.